The summed E-state index contributed by atoms with van der Waals surface area (Å²) in [6.45, 7) is 0.590. The number of carbonyl (C=O) groups excluding carboxylic acids is 1. The molecule has 1 fully saturated rings. The van der Waals surface area contributed by atoms with E-state index in [1.165, 1.54) is 30.6 Å². The number of aliphatic hydroxyl groups is 1. The number of hydrogen-bond acceptors (Lipinski definition) is 7. The summed E-state index contributed by atoms with van der Waals surface area (Å²) < 4.78 is 12.9. The third-order valence-corrected chi connectivity index (χ3v) is 7.47. The van der Waals surface area contributed by atoms with Gasteiger partial charge in [0.15, 0.2) is 0 Å². The molecule has 38 heavy (non-hydrogen) atoms. The molecule has 3 heterocycles. The molecule has 1 unspecified atom stereocenters. The van der Waals surface area contributed by atoms with Crippen molar-refractivity contribution in [3.63, 3.8) is 0 Å². The van der Waals surface area contributed by atoms with Gasteiger partial charge in [-0.2, -0.15) is 10.2 Å². The van der Waals surface area contributed by atoms with Crippen LogP contribution in [0.3, 0.4) is 0 Å². The monoisotopic (exact) mass is 715 g/mol. The van der Waals surface area contributed by atoms with Gasteiger partial charge in [0.05, 0.1) is 11.7 Å². The molecule has 2 aliphatic rings. The number of unbranched alkanes of at least 4 members (excludes halogenated alkanes) is 1. The molecule has 4 atom stereocenters. The van der Waals surface area contributed by atoms with Crippen LogP contribution in [-0.4, -0.2) is 72.3 Å². The number of hydrogen-bond donors (Lipinski definition) is 3. The number of urea groups is 1. The molecule has 1 aromatic carbocycles. The van der Waals surface area contributed by atoms with E-state index in [-0.39, 0.29) is 24.5 Å². The van der Waals surface area contributed by atoms with Crippen molar-refractivity contribution in [2.75, 3.05) is 11.9 Å². The first-order chi connectivity index (χ1) is 18.6. The molecule has 4 rings (SSSR count). The zero-order chi connectivity index (χ0) is 26.6. The molecular formula is C28H36N5O4Po. The van der Waals surface area contributed by atoms with Gasteiger partial charge in [-0.15, -0.1) is 0 Å². The molecule has 9 nitrogen and oxygen atoms in total. The van der Waals surface area contributed by atoms with Crippen LogP contribution >= 0.6 is 0 Å². The van der Waals surface area contributed by atoms with Crippen LogP contribution in [0, 0.1) is 0 Å². The van der Waals surface area contributed by atoms with Crippen molar-refractivity contribution >= 4 is 36.8 Å². The van der Waals surface area contributed by atoms with E-state index in [1.54, 1.807) is 6.20 Å². The molecule has 3 N–H and O–H groups in total. The number of pyridine rings is 1. The van der Waals surface area contributed by atoms with Crippen LogP contribution in [0.25, 0.3) is 0 Å². The molecule has 2 aromatic rings. The Morgan fingerprint density at radius 1 is 1.13 bits per heavy atom. The third-order valence-electron chi connectivity index (χ3n) is 6.55. The number of aliphatic hydroxyl groups excluding tert-OH is 1. The standard InChI is InChI=1S/C28H36N5O4.Po/c1-2-26-25(34)14-15-27(37-26)36-24-12-10-21(11-13-24)31-28(35)30-17-4-3-7-22-18-23(33-32-22)9-8-20-6-5-16-29-19-20;/h5-6,10-13,16,18-19,23,25-27,34H,1-4,7-9,14-15,17H2,(H2,30,31,35);/t23?,25-,26+,27+;/m0./s1. The number of amides is 2. The predicted octanol–water partition coefficient (Wildman–Crippen LogP) is 4.95. The van der Waals surface area contributed by atoms with E-state index in [9.17, 15) is 9.90 Å². The Hall–Kier alpha value is -2.40. The normalized spacial score (nSPS) is 22.6. The van der Waals surface area contributed by atoms with E-state index in [0.29, 0.717) is 30.8 Å². The summed E-state index contributed by atoms with van der Waals surface area (Å²) in [6.07, 6.45) is 11.6. The number of rotatable bonds is 13. The zero-order valence-electron chi connectivity index (χ0n) is 21.5. The minimum absolute atomic E-state index is 0.146. The molecule has 0 bridgehead atoms. The predicted molar refractivity (Wildman–Crippen MR) is 146 cm³/mol. The Morgan fingerprint density at radius 3 is 2.79 bits per heavy atom. The maximum atomic E-state index is 12.2. The molecule has 203 valence electrons. The Balaban J connectivity index is 1.08. The van der Waals surface area contributed by atoms with Gasteiger partial charge < -0.3 is 5.32 Å². The molecular weight excluding hydrogens is 679 g/mol. The quantitative estimate of drug-likeness (QED) is 0.254. The second-order valence-corrected chi connectivity index (χ2v) is 11.1. The van der Waals surface area contributed by atoms with E-state index in [0.717, 1.165) is 48.3 Å². The first-order valence-electron chi connectivity index (χ1n) is 13.3. The van der Waals surface area contributed by atoms with E-state index in [2.05, 4.69) is 38.0 Å². The zero-order valence-corrected chi connectivity index (χ0v) is 24.7. The Kier molecular flexibility index (Phi) is 11.5. The molecule has 2 aliphatic heterocycles. The van der Waals surface area contributed by atoms with Crippen LogP contribution in [0.2, 0.25) is 4.08 Å². The number of benzene rings is 1. The summed E-state index contributed by atoms with van der Waals surface area (Å²) in [7, 11) is 0. The Bertz CT molecular complexity index is 1070. The van der Waals surface area contributed by atoms with Crippen molar-refractivity contribution in [2.45, 2.75) is 80.0 Å². The van der Waals surface area contributed by atoms with Crippen molar-refractivity contribution in [2.24, 2.45) is 10.2 Å². The maximum absolute atomic E-state index is 12.2. The first-order valence-corrected chi connectivity index (χ1v) is 15.6. The van der Waals surface area contributed by atoms with Crippen molar-refractivity contribution < 1.29 is 19.4 Å². The summed E-state index contributed by atoms with van der Waals surface area (Å²) in [5.41, 5.74) is 2.94. The number of aryl methyl sites for hydroxylation is 1. The molecule has 0 spiro atoms. The van der Waals surface area contributed by atoms with Crippen molar-refractivity contribution in [3.8, 4) is 5.75 Å². The molecule has 0 aliphatic carbocycles. The van der Waals surface area contributed by atoms with Crippen molar-refractivity contribution in [1.29, 1.82) is 0 Å². The summed E-state index contributed by atoms with van der Waals surface area (Å²) in [5.74, 6) is 0.677. The number of ether oxygens (including phenoxy) is 2. The summed E-state index contributed by atoms with van der Waals surface area (Å²) in [4.78, 5) is 16.4. The minimum atomic E-state index is -0.412. The molecule has 1 radical (unpaired) electrons. The summed E-state index contributed by atoms with van der Waals surface area (Å²) in [6, 6.07) is 11.2. The van der Waals surface area contributed by atoms with E-state index in [4.69, 9.17) is 9.47 Å². The van der Waals surface area contributed by atoms with Gasteiger partial charge in [-0.25, -0.2) is 4.79 Å². The van der Waals surface area contributed by atoms with Crippen molar-refractivity contribution in [3.05, 3.63) is 66.1 Å². The topological polar surface area (TPSA) is 117 Å². The second-order valence-electron chi connectivity index (χ2n) is 9.56. The van der Waals surface area contributed by atoms with Gasteiger partial charge in [-0.3, -0.25) is 4.98 Å². The van der Waals surface area contributed by atoms with E-state index in [1.807, 2.05) is 36.5 Å². The van der Waals surface area contributed by atoms with Gasteiger partial charge in [0.2, 0.25) is 0 Å². The van der Waals surface area contributed by atoms with Crippen LogP contribution < -0.4 is 15.4 Å². The Morgan fingerprint density at radius 2 is 2.00 bits per heavy atom. The van der Waals surface area contributed by atoms with Gasteiger partial charge in [0.25, 0.3) is 0 Å². The van der Waals surface area contributed by atoms with Gasteiger partial charge in [-0.1, -0.05) is 6.07 Å². The number of aromatic nitrogens is 1. The fourth-order valence-corrected chi connectivity index (χ4v) is 5.36. The van der Waals surface area contributed by atoms with Gasteiger partial charge in [0, 0.05) is 18.9 Å². The van der Waals surface area contributed by atoms with Crippen LogP contribution in [0.1, 0.15) is 50.5 Å². The number of nitrogens with one attached hydrogen (secondary N) is 2. The number of carbonyl (C=O) groups is 1. The SMILES string of the molecule is O=C(NCCCCC1=CC(CCc2cccnc2)N=N1)Nc1ccc(O[C@H]2CC[C@H](O)[C@@H](C[CH2][Po])O2)cc1. The average Bonchev–Trinajstić information content (AvgIpc) is 3.39. The molecule has 0 saturated carbocycles. The number of anilines is 1. The van der Waals surface area contributed by atoms with E-state index >= 15 is 0 Å². The third kappa shape index (κ3) is 9.41. The van der Waals surface area contributed by atoms with Crippen molar-refractivity contribution in [1.82, 2.24) is 10.3 Å². The van der Waals surface area contributed by atoms with Gasteiger partial charge >= 0.3 is 129 Å². The number of azo groups is 1. The summed E-state index contributed by atoms with van der Waals surface area (Å²) in [5, 5.41) is 24.5. The molecule has 1 aromatic heterocycles. The van der Waals surface area contributed by atoms with Crippen LogP contribution in [-0.2, 0) is 11.2 Å². The Labute approximate surface area is 239 Å². The van der Waals surface area contributed by atoms with E-state index < -0.39 is 6.10 Å². The number of allylic oxidation sites excluding steroid dienone is 1. The van der Waals surface area contributed by atoms with Gasteiger partial charge in [0.1, 0.15) is 0 Å². The number of nitrogens with zero attached hydrogens (tertiary/aromatic N) is 3. The van der Waals surface area contributed by atoms with Gasteiger partial charge in [-0.05, 0) is 49.8 Å². The fraction of sp³-hybridized carbons (Fsp3) is 0.500. The molecule has 1 saturated heterocycles. The second kappa shape index (κ2) is 15.3. The average molecular weight is 716 g/mol. The molecule has 2 amide bonds. The summed E-state index contributed by atoms with van der Waals surface area (Å²) >= 11 is 1.49. The van der Waals surface area contributed by atoms with Crippen LogP contribution in [0.4, 0.5) is 10.5 Å². The van der Waals surface area contributed by atoms with Crippen LogP contribution in [0.15, 0.2) is 70.8 Å². The first kappa shape index (κ1) is 28.6. The fourth-order valence-electron chi connectivity index (χ4n) is 4.46. The molecule has 10 heteroatoms. The van der Waals surface area contributed by atoms with Crippen LogP contribution in [0.5, 0.6) is 5.75 Å².